The zero-order valence-corrected chi connectivity index (χ0v) is 18.1. The fourth-order valence-electron chi connectivity index (χ4n) is 3.78. The zero-order valence-electron chi connectivity index (χ0n) is 17.2. The average molecular weight is 424 g/mol. The Morgan fingerprint density at radius 3 is 2.70 bits per heavy atom. The minimum atomic E-state index is -0.477. The number of piperidine rings is 1. The number of pyridine rings is 1. The lowest BCUT2D eigenvalue weighted by Gasteiger charge is -2.25. The first-order valence-electron chi connectivity index (χ1n) is 10.2. The Morgan fingerprint density at radius 1 is 1.17 bits per heavy atom. The van der Waals surface area contributed by atoms with Gasteiger partial charge in [-0.1, -0.05) is 24.1 Å². The van der Waals surface area contributed by atoms with Crippen LogP contribution in [0, 0.1) is 6.92 Å². The van der Waals surface area contributed by atoms with Crippen LogP contribution in [0.5, 0.6) is 0 Å². The standard InChI is InChI=1S/C23H25N3O3S/c1-15-7-6-8-16(13-15)21(27)25-19-18-10-9-17(14-26-11-4-3-5-12-26)24-22(18)30-20(19)23(28)29-2/h6-10,13H,3-5,11-12,14H2,1-2H3,(H,25,27). The van der Waals surface area contributed by atoms with Gasteiger partial charge in [-0.2, -0.15) is 0 Å². The Kier molecular flexibility index (Phi) is 6.11. The van der Waals surface area contributed by atoms with E-state index >= 15 is 0 Å². The van der Waals surface area contributed by atoms with E-state index in [9.17, 15) is 9.59 Å². The summed E-state index contributed by atoms with van der Waals surface area (Å²) in [5.41, 5.74) is 2.97. The van der Waals surface area contributed by atoms with Crippen molar-refractivity contribution < 1.29 is 14.3 Å². The van der Waals surface area contributed by atoms with Crippen LogP contribution in [0.2, 0.25) is 0 Å². The van der Waals surface area contributed by atoms with Crippen LogP contribution >= 0.6 is 11.3 Å². The maximum absolute atomic E-state index is 12.8. The minimum Gasteiger partial charge on any atom is -0.465 e. The van der Waals surface area contributed by atoms with E-state index in [1.165, 1.54) is 37.7 Å². The molecule has 0 spiro atoms. The topological polar surface area (TPSA) is 71.5 Å². The lowest BCUT2D eigenvalue weighted by atomic mass is 10.1. The molecule has 1 amide bonds. The van der Waals surface area contributed by atoms with Gasteiger partial charge in [0.05, 0.1) is 18.5 Å². The number of nitrogens with zero attached hydrogens (tertiary/aromatic N) is 2. The van der Waals surface area contributed by atoms with Crippen molar-refractivity contribution in [3.8, 4) is 0 Å². The Bertz CT molecular complexity index is 1090. The molecule has 0 bridgehead atoms. The summed E-state index contributed by atoms with van der Waals surface area (Å²) in [6, 6.07) is 11.3. The highest BCUT2D eigenvalue weighted by atomic mass is 32.1. The summed E-state index contributed by atoms with van der Waals surface area (Å²) in [4.78, 5) is 33.5. The van der Waals surface area contributed by atoms with Crippen molar-refractivity contribution in [2.75, 3.05) is 25.5 Å². The number of carbonyl (C=O) groups excluding carboxylic acids is 2. The molecular weight excluding hydrogens is 398 g/mol. The number of anilines is 1. The lowest BCUT2D eigenvalue weighted by molar-refractivity contribution is 0.0607. The second-order valence-corrected chi connectivity index (χ2v) is 8.61. The van der Waals surface area contributed by atoms with Crippen LogP contribution in [0.15, 0.2) is 36.4 Å². The van der Waals surface area contributed by atoms with Crippen molar-refractivity contribution in [1.29, 1.82) is 0 Å². The van der Waals surface area contributed by atoms with Gasteiger partial charge in [0.2, 0.25) is 0 Å². The first-order valence-corrected chi connectivity index (χ1v) is 11.0. The second kappa shape index (κ2) is 8.93. The first-order chi connectivity index (χ1) is 14.5. The number of aromatic nitrogens is 1. The number of methoxy groups -OCH3 is 1. The van der Waals surface area contributed by atoms with E-state index in [0.29, 0.717) is 16.1 Å². The molecule has 1 aliphatic heterocycles. The van der Waals surface area contributed by atoms with Crippen LogP contribution in [-0.2, 0) is 11.3 Å². The van der Waals surface area contributed by atoms with Crippen LogP contribution in [0.4, 0.5) is 5.69 Å². The number of hydrogen-bond donors (Lipinski definition) is 1. The van der Waals surface area contributed by atoms with Gasteiger partial charge in [-0.15, -0.1) is 11.3 Å². The molecule has 0 atom stereocenters. The number of amides is 1. The van der Waals surface area contributed by atoms with E-state index in [2.05, 4.69) is 10.2 Å². The number of benzene rings is 1. The quantitative estimate of drug-likeness (QED) is 0.606. The third-order valence-corrected chi connectivity index (χ3v) is 6.42. The van der Waals surface area contributed by atoms with Gasteiger partial charge < -0.3 is 10.1 Å². The number of hydrogen-bond acceptors (Lipinski definition) is 6. The zero-order chi connectivity index (χ0) is 21.1. The van der Waals surface area contributed by atoms with Gasteiger partial charge in [-0.05, 0) is 57.1 Å². The van der Waals surface area contributed by atoms with Gasteiger partial charge in [0.15, 0.2) is 0 Å². The number of ether oxygens (including phenoxy) is 1. The molecule has 6 nitrogen and oxygen atoms in total. The smallest absolute Gasteiger partial charge is 0.350 e. The summed E-state index contributed by atoms with van der Waals surface area (Å²) in [5.74, 6) is -0.740. The highest BCUT2D eigenvalue weighted by Gasteiger charge is 2.23. The number of aryl methyl sites for hydroxylation is 1. The molecule has 0 saturated carbocycles. The van der Waals surface area contributed by atoms with E-state index in [1.807, 2.05) is 37.3 Å². The molecule has 3 heterocycles. The van der Waals surface area contributed by atoms with E-state index in [4.69, 9.17) is 9.72 Å². The summed E-state index contributed by atoms with van der Waals surface area (Å²) >= 11 is 1.25. The number of nitrogens with one attached hydrogen (secondary N) is 1. The largest absolute Gasteiger partial charge is 0.465 e. The van der Waals surface area contributed by atoms with Crippen LogP contribution in [0.25, 0.3) is 10.2 Å². The average Bonchev–Trinajstić information content (AvgIpc) is 3.11. The molecule has 1 N–H and O–H groups in total. The number of rotatable bonds is 5. The third-order valence-electron chi connectivity index (χ3n) is 5.34. The fourth-order valence-corrected chi connectivity index (χ4v) is 4.85. The predicted molar refractivity (Wildman–Crippen MR) is 119 cm³/mol. The van der Waals surface area contributed by atoms with Gasteiger partial charge in [0, 0.05) is 17.5 Å². The molecule has 7 heteroatoms. The van der Waals surface area contributed by atoms with Crippen molar-refractivity contribution in [1.82, 2.24) is 9.88 Å². The molecule has 0 unspecified atom stereocenters. The SMILES string of the molecule is COC(=O)c1sc2nc(CN3CCCCC3)ccc2c1NC(=O)c1cccc(C)c1. The van der Waals surface area contributed by atoms with Crippen molar-refractivity contribution in [3.63, 3.8) is 0 Å². The summed E-state index contributed by atoms with van der Waals surface area (Å²) in [5, 5.41) is 3.67. The van der Waals surface area contributed by atoms with E-state index < -0.39 is 5.97 Å². The van der Waals surface area contributed by atoms with Crippen molar-refractivity contribution in [2.45, 2.75) is 32.7 Å². The monoisotopic (exact) mass is 423 g/mol. The minimum absolute atomic E-state index is 0.263. The molecule has 1 saturated heterocycles. The van der Waals surface area contributed by atoms with Crippen LogP contribution < -0.4 is 5.32 Å². The van der Waals surface area contributed by atoms with Crippen LogP contribution in [0.3, 0.4) is 0 Å². The van der Waals surface area contributed by atoms with Crippen LogP contribution in [-0.4, -0.2) is 42.0 Å². The maximum atomic E-state index is 12.8. The van der Waals surface area contributed by atoms with Gasteiger partial charge >= 0.3 is 5.97 Å². The van der Waals surface area contributed by atoms with Gasteiger partial charge in [-0.3, -0.25) is 9.69 Å². The van der Waals surface area contributed by atoms with Crippen molar-refractivity contribution >= 4 is 39.1 Å². The molecular formula is C23H25N3O3S. The Morgan fingerprint density at radius 2 is 1.97 bits per heavy atom. The van der Waals surface area contributed by atoms with Gasteiger partial charge in [-0.25, -0.2) is 9.78 Å². The maximum Gasteiger partial charge on any atom is 0.350 e. The number of thiophene rings is 1. The summed E-state index contributed by atoms with van der Waals surface area (Å²) in [7, 11) is 1.34. The molecule has 156 valence electrons. The Labute approximate surface area is 179 Å². The second-order valence-electron chi connectivity index (χ2n) is 7.61. The highest BCUT2D eigenvalue weighted by Crippen LogP contribution is 2.36. The summed E-state index contributed by atoms with van der Waals surface area (Å²) in [6.07, 6.45) is 3.74. The van der Waals surface area contributed by atoms with Crippen molar-refractivity contribution in [3.05, 3.63) is 58.1 Å². The predicted octanol–water partition coefficient (Wildman–Crippen LogP) is 4.63. The third kappa shape index (κ3) is 4.37. The molecule has 0 radical (unpaired) electrons. The normalized spacial score (nSPS) is 14.6. The molecule has 0 aliphatic carbocycles. The molecule has 1 fully saturated rings. The Balaban J connectivity index is 1.66. The number of likely N-dealkylation sites (tertiary alicyclic amines) is 1. The number of carbonyl (C=O) groups is 2. The van der Waals surface area contributed by atoms with Crippen molar-refractivity contribution in [2.24, 2.45) is 0 Å². The van der Waals surface area contributed by atoms with E-state index in [-0.39, 0.29) is 5.91 Å². The summed E-state index contributed by atoms with van der Waals surface area (Å²) in [6.45, 7) is 4.92. The fraction of sp³-hybridized carbons (Fsp3) is 0.348. The number of esters is 1. The molecule has 1 aliphatic rings. The Hall–Kier alpha value is -2.77. The molecule has 1 aromatic carbocycles. The van der Waals surface area contributed by atoms with Gasteiger partial charge in [0.1, 0.15) is 9.71 Å². The molecule has 3 aromatic rings. The van der Waals surface area contributed by atoms with Gasteiger partial charge in [0.25, 0.3) is 5.91 Å². The first kappa shape index (κ1) is 20.5. The van der Waals surface area contributed by atoms with Crippen LogP contribution in [0.1, 0.15) is 50.5 Å². The molecule has 4 rings (SSSR count). The lowest BCUT2D eigenvalue weighted by Crippen LogP contribution is -2.29. The highest BCUT2D eigenvalue weighted by molar-refractivity contribution is 7.21. The summed E-state index contributed by atoms with van der Waals surface area (Å²) < 4.78 is 4.95. The molecule has 2 aromatic heterocycles. The van der Waals surface area contributed by atoms with E-state index in [0.717, 1.165) is 41.1 Å². The van der Waals surface area contributed by atoms with E-state index in [1.54, 1.807) is 6.07 Å². The number of fused-ring (bicyclic) bond motifs is 1. The molecule has 30 heavy (non-hydrogen) atoms.